The van der Waals surface area contributed by atoms with Crippen LogP contribution in [0.25, 0.3) is 0 Å². The molecule has 1 aliphatic heterocycles. The van der Waals surface area contributed by atoms with Crippen molar-refractivity contribution in [1.82, 2.24) is 10.2 Å². The molecule has 0 bridgehead atoms. The summed E-state index contributed by atoms with van der Waals surface area (Å²) in [6.45, 7) is 9.47. The third-order valence-corrected chi connectivity index (χ3v) is 3.56. The second kappa shape index (κ2) is 7.71. The van der Waals surface area contributed by atoms with Gasteiger partial charge in [-0.15, -0.1) is 0 Å². The molecule has 0 saturated carbocycles. The standard InChI is InChI=1S/C13H27N3O2/c1-3-6-15-13(2,12(14)17)5-4-7-16-8-10-18-11-9-16/h15H,3-11H2,1-2H3,(H2,14,17). The van der Waals surface area contributed by atoms with Crippen LogP contribution >= 0.6 is 0 Å². The lowest BCUT2D eigenvalue weighted by atomic mass is 9.94. The van der Waals surface area contributed by atoms with Crippen molar-refractivity contribution in [2.24, 2.45) is 5.73 Å². The summed E-state index contributed by atoms with van der Waals surface area (Å²) in [5.74, 6) is -0.252. The molecule has 0 aromatic heterocycles. The highest BCUT2D eigenvalue weighted by molar-refractivity contribution is 5.84. The van der Waals surface area contributed by atoms with E-state index in [-0.39, 0.29) is 5.91 Å². The molecule has 1 unspecified atom stereocenters. The normalized spacial score (nSPS) is 20.6. The van der Waals surface area contributed by atoms with E-state index in [4.69, 9.17) is 10.5 Å². The Kier molecular flexibility index (Phi) is 6.60. The van der Waals surface area contributed by atoms with Gasteiger partial charge in [-0.1, -0.05) is 6.92 Å². The maximum Gasteiger partial charge on any atom is 0.237 e. The average molecular weight is 257 g/mol. The van der Waals surface area contributed by atoms with Crippen molar-refractivity contribution >= 4 is 5.91 Å². The second-order valence-corrected chi connectivity index (χ2v) is 5.18. The summed E-state index contributed by atoms with van der Waals surface area (Å²) in [5, 5.41) is 3.27. The van der Waals surface area contributed by atoms with Gasteiger partial charge in [-0.2, -0.15) is 0 Å². The monoisotopic (exact) mass is 257 g/mol. The van der Waals surface area contributed by atoms with Gasteiger partial charge in [-0.3, -0.25) is 9.69 Å². The van der Waals surface area contributed by atoms with Crippen LogP contribution in [0.5, 0.6) is 0 Å². The molecule has 1 heterocycles. The molecule has 1 aliphatic rings. The number of nitrogens with one attached hydrogen (secondary N) is 1. The molecule has 1 amide bonds. The summed E-state index contributed by atoms with van der Waals surface area (Å²) in [6.07, 6.45) is 2.78. The van der Waals surface area contributed by atoms with Crippen molar-refractivity contribution < 1.29 is 9.53 Å². The van der Waals surface area contributed by atoms with Crippen molar-refractivity contribution in [3.8, 4) is 0 Å². The lowest BCUT2D eigenvalue weighted by Crippen LogP contribution is -2.53. The van der Waals surface area contributed by atoms with E-state index < -0.39 is 5.54 Å². The van der Waals surface area contributed by atoms with Gasteiger partial charge in [0.15, 0.2) is 0 Å². The number of hydrogen-bond acceptors (Lipinski definition) is 4. The van der Waals surface area contributed by atoms with Gasteiger partial charge in [0.2, 0.25) is 5.91 Å². The van der Waals surface area contributed by atoms with Crippen LogP contribution in [0.2, 0.25) is 0 Å². The number of carbonyl (C=O) groups is 1. The molecular weight excluding hydrogens is 230 g/mol. The van der Waals surface area contributed by atoms with E-state index in [1.807, 2.05) is 6.92 Å². The van der Waals surface area contributed by atoms with Crippen molar-refractivity contribution in [2.75, 3.05) is 39.4 Å². The Balaban J connectivity index is 2.30. The Bertz CT molecular complexity index is 255. The molecule has 1 rings (SSSR count). The number of morpholine rings is 1. The van der Waals surface area contributed by atoms with Gasteiger partial charge in [0.1, 0.15) is 0 Å². The maximum absolute atomic E-state index is 11.5. The predicted molar refractivity (Wildman–Crippen MR) is 72.4 cm³/mol. The van der Waals surface area contributed by atoms with Crippen molar-refractivity contribution in [2.45, 2.75) is 38.6 Å². The lowest BCUT2D eigenvalue weighted by molar-refractivity contribution is -0.124. The first-order valence-electron chi connectivity index (χ1n) is 6.93. The summed E-state index contributed by atoms with van der Waals surface area (Å²) < 4.78 is 5.31. The van der Waals surface area contributed by atoms with Gasteiger partial charge in [0, 0.05) is 13.1 Å². The first-order valence-corrected chi connectivity index (χ1v) is 6.93. The quantitative estimate of drug-likeness (QED) is 0.658. The van der Waals surface area contributed by atoms with E-state index in [9.17, 15) is 4.79 Å². The average Bonchev–Trinajstić information content (AvgIpc) is 2.37. The smallest absolute Gasteiger partial charge is 0.237 e. The van der Waals surface area contributed by atoms with Crippen LogP contribution in [0.4, 0.5) is 0 Å². The molecule has 5 heteroatoms. The summed E-state index contributed by atoms with van der Waals surface area (Å²) in [5.41, 5.74) is 4.93. The van der Waals surface area contributed by atoms with E-state index in [1.54, 1.807) is 0 Å². The molecule has 1 saturated heterocycles. The Labute approximate surface area is 110 Å². The third kappa shape index (κ3) is 4.92. The van der Waals surface area contributed by atoms with Crippen LogP contribution in [0.15, 0.2) is 0 Å². The highest BCUT2D eigenvalue weighted by Crippen LogP contribution is 2.13. The molecule has 0 radical (unpaired) electrons. The number of amides is 1. The number of nitrogens with zero attached hydrogens (tertiary/aromatic N) is 1. The molecule has 18 heavy (non-hydrogen) atoms. The van der Waals surface area contributed by atoms with Crippen LogP contribution in [-0.2, 0) is 9.53 Å². The molecular formula is C13H27N3O2. The summed E-state index contributed by atoms with van der Waals surface area (Å²) in [7, 11) is 0. The topological polar surface area (TPSA) is 67.6 Å². The Hall–Kier alpha value is -0.650. The van der Waals surface area contributed by atoms with Crippen LogP contribution < -0.4 is 11.1 Å². The minimum atomic E-state index is -0.567. The third-order valence-electron chi connectivity index (χ3n) is 3.56. The minimum absolute atomic E-state index is 0.252. The fourth-order valence-corrected chi connectivity index (χ4v) is 2.18. The number of ether oxygens (including phenoxy) is 1. The highest BCUT2D eigenvalue weighted by Gasteiger charge is 2.29. The van der Waals surface area contributed by atoms with Crippen molar-refractivity contribution in [3.05, 3.63) is 0 Å². The lowest BCUT2D eigenvalue weighted by Gasteiger charge is -2.30. The Morgan fingerprint density at radius 3 is 2.67 bits per heavy atom. The van der Waals surface area contributed by atoms with Crippen LogP contribution in [0.3, 0.4) is 0 Å². The molecule has 106 valence electrons. The first-order chi connectivity index (χ1) is 8.58. The molecule has 0 spiro atoms. The van der Waals surface area contributed by atoms with E-state index in [2.05, 4.69) is 17.1 Å². The molecule has 0 aromatic rings. The van der Waals surface area contributed by atoms with Gasteiger partial charge < -0.3 is 15.8 Å². The number of carbonyl (C=O) groups excluding carboxylic acids is 1. The predicted octanol–water partition coefficient (Wildman–Crippen LogP) is 0.342. The summed E-state index contributed by atoms with van der Waals surface area (Å²) >= 11 is 0. The zero-order valence-corrected chi connectivity index (χ0v) is 11.7. The Morgan fingerprint density at radius 1 is 1.44 bits per heavy atom. The van der Waals surface area contributed by atoms with E-state index in [0.717, 1.165) is 58.7 Å². The van der Waals surface area contributed by atoms with Crippen LogP contribution in [-0.4, -0.2) is 55.7 Å². The molecule has 1 fully saturated rings. The summed E-state index contributed by atoms with van der Waals surface area (Å²) in [6, 6.07) is 0. The van der Waals surface area contributed by atoms with Gasteiger partial charge in [0.25, 0.3) is 0 Å². The van der Waals surface area contributed by atoms with Crippen molar-refractivity contribution in [3.63, 3.8) is 0 Å². The largest absolute Gasteiger partial charge is 0.379 e. The molecule has 1 atom stereocenters. The zero-order chi connectivity index (χ0) is 13.4. The zero-order valence-electron chi connectivity index (χ0n) is 11.7. The fourth-order valence-electron chi connectivity index (χ4n) is 2.18. The van der Waals surface area contributed by atoms with Gasteiger partial charge in [-0.05, 0) is 39.3 Å². The van der Waals surface area contributed by atoms with E-state index in [1.165, 1.54) is 0 Å². The van der Waals surface area contributed by atoms with E-state index in [0.29, 0.717) is 0 Å². The van der Waals surface area contributed by atoms with E-state index >= 15 is 0 Å². The first kappa shape index (κ1) is 15.4. The second-order valence-electron chi connectivity index (χ2n) is 5.18. The highest BCUT2D eigenvalue weighted by atomic mass is 16.5. The SMILES string of the molecule is CCCNC(C)(CCCN1CCOCC1)C(N)=O. The molecule has 0 aliphatic carbocycles. The molecule has 3 N–H and O–H groups in total. The van der Waals surface area contributed by atoms with Gasteiger partial charge >= 0.3 is 0 Å². The minimum Gasteiger partial charge on any atom is -0.379 e. The fraction of sp³-hybridized carbons (Fsp3) is 0.923. The molecule has 0 aromatic carbocycles. The van der Waals surface area contributed by atoms with Gasteiger partial charge in [0.05, 0.1) is 18.8 Å². The number of rotatable bonds is 8. The van der Waals surface area contributed by atoms with Crippen LogP contribution in [0.1, 0.15) is 33.1 Å². The number of nitrogens with two attached hydrogens (primary N) is 1. The number of hydrogen-bond donors (Lipinski definition) is 2. The Morgan fingerprint density at radius 2 is 2.11 bits per heavy atom. The number of primary amides is 1. The summed E-state index contributed by atoms with van der Waals surface area (Å²) in [4.78, 5) is 13.9. The van der Waals surface area contributed by atoms with Crippen LogP contribution in [0, 0.1) is 0 Å². The van der Waals surface area contributed by atoms with Crippen molar-refractivity contribution in [1.29, 1.82) is 0 Å². The van der Waals surface area contributed by atoms with Gasteiger partial charge in [-0.25, -0.2) is 0 Å². The molecule has 5 nitrogen and oxygen atoms in total. The maximum atomic E-state index is 11.5.